The van der Waals surface area contributed by atoms with E-state index in [2.05, 4.69) is 16.8 Å². The van der Waals surface area contributed by atoms with E-state index in [0.717, 1.165) is 52.2 Å². The van der Waals surface area contributed by atoms with Crippen LogP contribution in [0.25, 0.3) is 0 Å². The zero-order valence-corrected chi connectivity index (χ0v) is 9.04. The van der Waals surface area contributed by atoms with Gasteiger partial charge in [-0.3, -0.25) is 4.90 Å². The first-order valence-corrected chi connectivity index (χ1v) is 5.51. The van der Waals surface area contributed by atoms with Crippen LogP contribution in [0.2, 0.25) is 0 Å². The fourth-order valence-electron chi connectivity index (χ4n) is 2.33. The van der Waals surface area contributed by atoms with Crippen molar-refractivity contribution >= 4 is 0 Å². The van der Waals surface area contributed by atoms with Gasteiger partial charge in [0.2, 0.25) is 0 Å². The molecule has 2 fully saturated rings. The summed E-state index contributed by atoms with van der Waals surface area (Å²) in [5, 5.41) is 0. The highest BCUT2D eigenvalue weighted by atomic mass is 16.5. The zero-order valence-electron chi connectivity index (χ0n) is 9.04. The van der Waals surface area contributed by atoms with Crippen LogP contribution in [0.3, 0.4) is 0 Å². The first-order valence-electron chi connectivity index (χ1n) is 5.51. The highest BCUT2D eigenvalue weighted by Gasteiger charge is 2.35. The van der Waals surface area contributed by atoms with Crippen LogP contribution >= 0.6 is 0 Å². The van der Waals surface area contributed by atoms with Crippen molar-refractivity contribution in [2.24, 2.45) is 0 Å². The predicted octanol–water partition coefficient (Wildman–Crippen LogP) is 0.494. The first kappa shape index (κ1) is 10.4. The summed E-state index contributed by atoms with van der Waals surface area (Å²) in [6, 6.07) is 0. The van der Waals surface area contributed by atoms with Gasteiger partial charge in [0.15, 0.2) is 0 Å². The molecule has 80 valence electrons. The molecule has 0 atom stereocenters. The topological polar surface area (TPSA) is 15.7 Å². The number of rotatable bonds is 1. The Morgan fingerprint density at radius 1 is 1.07 bits per heavy atom. The van der Waals surface area contributed by atoms with Crippen molar-refractivity contribution in [1.82, 2.24) is 9.80 Å². The van der Waals surface area contributed by atoms with E-state index in [4.69, 9.17) is 11.7 Å². The number of hydrogen-bond donors (Lipinski definition) is 0. The number of nitrogens with zero attached hydrogens (tertiary/aromatic N) is 2. The molecule has 0 amide bonds. The molecule has 2 aliphatic heterocycles. The minimum atomic E-state index is -0.0592. The summed E-state index contributed by atoms with van der Waals surface area (Å²) >= 11 is 0. The van der Waals surface area contributed by atoms with Crippen LogP contribution in [0, 0.1) is 6.92 Å². The smallest absolute Gasteiger partial charge is 0.0594 e. The minimum absolute atomic E-state index is 0.0592. The standard InChI is InChI=1S/C11H20N2O/c1-11(3-5-12(2)6-4-11)13-7-9-14-10-8-13/h1H,3-10H2,2H3. The zero-order chi connectivity index (χ0) is 10.0. The lowest BCUT2D eigenvalue weighted by Gasteiger charge is -2.47. The lowest BCUT2D eigenvalue weighted by atomic mass is 9.87. The fourth-order valence-corrected chi connectivity index (χ4v) is 2.33. The van der Waals surface area contributed by atoms with E-state index in [1.807, 2.05) is 0 Å². The SMILES string of the molecule is [CH]C1(N2CCOCC2)CCN(C)CC1. The molecule has 2 aliphatic rings. The molecule has 2 rings (SSSR count). The molecule has 0 spiro atoms. The van der Waals surface area contributed by atoms with E-state index in [-0.39, 0.29) is 5.54 Å². The average molecular weight is 196 g/mol. The van der Waals surface area contributed by atoms with Crippen LogP contribution in [0.1, 0.15) is 12.8 Å². The Kier molecular flexibility index (Phi) is 3.10. The number of likely N-dealkylation sites (tertiary alicyclic amines) is 1. The van der Waals surface area contributed by atoms with Crippen molar-refractivity contribution in [2.75, 3.05) is 46.4 Å². The van der Waals surface area contributed by atoms with E-state index >= 15 is 0 Å². The Morgan fingerprint density at radius 2 is 1.64 bits per heavy atom. The van der Waals surface area contributed by atoms with E-state index in [1.165, 1.54) is 0 Å². The van der Waals surface area contributed by atoms with E-state index in [0.29, 0.717) is 0 Å². The summed E-state index contributed by atoms with van der Waals surface area (Å²) in [6.45, 7) is 12.4. The molecule has 2 saturated heterocycles. The van der Waals surface area contributed by atoms with Crippen LogP contribution in [0.4, 0.5) is 0 Å². The van der Waals surface area contributed by atoms with Crippen LogP contribution < -0.4 is 0 Å². The molecule has 0 bridgehead atoms. The molecular formula is C11H20N2O. The summed E-state index contributed by atoms with van der Waals surface area (Å²) in [5.41, 5.74) is -0.0592. The van der Waals surface area contributed by atoms with Gasteiger partial charge in [-0.25, -0.2) is 0 Å². The van der Waals surface area contributed by atoms with Gasteiger partial charge in [-0.2, -0.15) is 0 Å². The lowest BCUT2D eigenvalue weighted by molar-refractivity contribution is -0.0262. The molecule has 0 aromatic rings. The lowest BCUT2D eigenvalue weighted by Crippen LogP contribution is -2.56. The number of ether oxygens (including phenoxy) is 1. The minimum Gasteiger partial charge on any atom is -0.379 e. The molecule has 0 unspecified atom stereocenters. The van der Waals surface area contributed by atoms with Crippen molar-refractivity contribution in [3.63, 3.8) is 0 Å². The van der Waals surface area contributed by atoms with E-state index in [9.17, 15) is 0 Å². The third-order valence-electron chi connectivity index (χ3n) is 3.49. The van der Waals surface area contributed by atoms with Gasteiger partial charge in [-0.1, -0.05) is 0 Å². The Bertz CT molecular complexity index is 182. The van der Waals surface area contributed by atoms with Crippen LogP contribution in [0.5, 0.6) is 0 Å². The van der Waals surface area contributed by atoms with Crippen LogP contribution in [-0.2, 0) is 4.74 Å². The molecule has 0 aromatic carbocycles. The molecule has 2 radical (unpaired) electrons. The molecule has 3 nitrogen and oxygen atoms in total. The second-order valence-electron chi connectivity index (χ2n) is 4.51. The number of hydrogen-bond acceptors (Lipinski definition) is 3. The largest absolute Gasteiger partial charge is 0.379 e. The van der Waals surface area contributed by atoms with Gasteiger partial charge in [0.25, 0.3) is 0 Å². The molecule has 0 aromatic heterocycles. The highest BCUT2D eigenvalue weighted by molar-refractivity contribution is 4.97. The number of morpholine rings is 1. The Hall–Kier alpha value is -0.120. The van der Waals surface area contributed by atoms with Crippen molar-refractivity contribution in [2.45, 2.75) is 18.4 Å². The molecule has 14 heavy (non-hydrogen) atoms. The van der Waals surface area contributed by atoms with Crippen molar-refractivity contribution in [1.29, 1.82) is 0 Å². The monoisotopic (exact) mass is 196 g/mol. The second kappa shape index (κ2) is 4.17. The van der Waals surface area contributed by atoms with Gasteiger partial charge in [0.05, 0.1) is 13.2 Å². The second-order valence-corrected chi connectivity index (χ2v) is 4.51. The summed E-state index contributed by atoms with van der Waals surface area (Å²) in [6.07, 6.45) is 2.17. The molecule has 0 N–H and O–H groups in total. The summed E-state index contributed by atoms with van der Waals surface area (Å²) in [7, 11) is 2.17. The summed E-state index contributed by atoms with van der Waals surface area (Å²) in [5.74, 6) is 0. The fraction of sp³-hybridized carbons (Fsp3) is 0.909. The van der Waals surface area contributed by atoms with Crippen molar-refractivity contribution in [3.8, 4) is 0 Å². The van der Waals surface area contributed by atoms with E-state index < -0.39 is 0 Å². The Labute approximate surface area is 87.0 Å². The quantitative estimate of drug-likeness (QED) is 0.607. The first-order chi connectivity index (χ1) is 6.71. The average Bonchev–Trinajstić information content (AvgIpc) is 2.24. The summed E-state index contributed by atoms with van der Waals surface area (Å²) < 4.78 is 5.35. The molecule has 0 aliphatic carbocycles. The van der Waals surface area contributed by atoms with Gasteiger partial charge >= 0.3 is 0 Å². The maximum Gasteiger partial charge on any atom is 0.0594 e. The number of piperidine rings is 1. The molecule has 3 heteroatoms. The van der Waals surface area contributed by atoms with Crippen LogP contribution in [-0.4, -0.2) is 61.8 Å². The highest BCUT2D eigenvalue weighted by Crippen LogP contribution is 2.28. The predicted molar refractivity (Wildman–Crippen MR) is 56.2 cm³/mol. The van der Waals surface area contributed by atoms with Gasteiger partial charge in [-0.15, -0.1) is 0 Å². The third-order valence-corrected chi connectivity index (χ3v) is 3.49. The van der Waals surface area contributed by atoms with Gasteiger partial charge in [0.1, 0.15) is 0 Å². The van der Waals surface area contributed by atoms with Crippen molar-refractivity contribution < 1.29 is 4.74 Å². The maximum absolute atomic E-state index is 6.44. The Balaban J connectivity index is 1.93. The third kappa shape index (κ3) is 2.10. The van der Waals surface area contributed by atoms with Crippen molar-refractivity contribution in [3.05, 3.63) is 6.92 Å². The normalized spacial score (nSPS) is 30.4. The van der Waals surface area contributed by atoms with Gasteiger partial charge in [-0.05, 0) is 39.9 Å². The van der Waals surface area contributed by atoms with E-state index in [1.54, 1.807) is 0 Å². The van der Waals surface area contributed by atoms with Crippen LogP contribution in [0.15, 0.2) is 0 Å². The maximum atomic E-state index is 6.44. The molecule has 0 saturated carbocycles. The molecular weight excluding hydrogens is 176 g/mol. The summed E-state index contributed by atoms with van der Waals surface area (Å²) in [4.78, 5) is 4.76. The van der Waals surface area contributed by atoms with Gasteiger partial charge < -0.3 is 9.64 Å². The van der Waals surface area contributed by atoms with Gasteiger partial charge in [0, 0.05) is 18.6 Å². The molecule has 2 heterocycles. The Morgan fingerprint density at radius 3 is 2.21 bits per heavy atom.